The van der Waals surface area contributed by atoms with E-state index in [1.807, 2.05) is 26.0 Å². The number of hydrogen-bond donors (Lipinski definition) is 0. The summed E-state index contributed by atoms with van der Waals surface area (Å²) in [6, 6.07) is 0. The monoisotopic (exact) mass is 324 g/mol. The molecule has 4 atom stereocenters. The van der Waals surface area contributed by atoms with Gasteiger partial charge in [-0.25, -0.2) is 0 Å². The molecular weight excluding hydrogens is 300 g/mol. The van der Waals surface area contributed by atoms with E-state index in [-0.39, 0.29) is 23.8 Å². The molecule has 0 radical (unpaired) electrons. The lowest BCUT2D eigenvalue weighted by Crippen LogP contribution is -2.57. The van der Waals surface area contributed by atoms with E-state index in [0.717, 1.165) is 0 Å². The molecule has 1 saturated heterocycles. The third kappa shape index (κ3) is 3.43. The number of cyclic esters (lactones) is 2. The highest BCUT2D eigenvalue weighted by molar-refractivity contribution is 5.85. The molecule has 1 saturated carbocycles. The SMILES string of the molecule is CC1(C)OC[C@@H]2[C@H](CO1)[C@H]1C(=O)OCCC=CCCOC(=O)[C@@H]21. The first-order valence-corrected chi connectivity index (χ1v) is 8.26. The van der Waals surface area contributed by atoms with Crippen molar-refractivity contribution in [3.63, 3.8) is 0 Å². The molecule has 6 heteroatoms. The predicted molar refractivity (Wildman–Crippen MR) is 80.2 cm³/mol. The minimum atomic E-state index is -0.701. The van der Waals surface area contributed by atoms with Crippen molar-refractivity contribution in [1.29, 1.82) is 0 Å². The van der Waals surface area contributed by atoms with Crippen LogP contribution in [0.4, 0.5) is 0 Å². The Morgan fingerprint density at radius 3 is 1.74 bits per heavy atom. The second-order valence-electron chi connectivity index (χ2n) is 6.78. The number of rotatable bonds is 0. The number of ether oxygens (including phenoxy) is 4. The lowest BCUT2D eigenvalue weighted by Gasteiger charge is -2.47. The Hall–Kier alpha value is -1.40. The topological polar surface area (TPSA) is 71.1 Å². The standard InChI is InChI=1S/C17H24O6/c1-17(2)22-9-11-12(10-23-17)14-13(11)15(18)20-7-5-3-4-6-8-21-16(14)19/h3-4,11-14H,5-10H2,1-2H3/t11-,12+,13+,14-. The average Bonchev–Trinajstić information content (AvgIpc) is 2.58. The Morgan fingerprint density at radius 2 is 1.30 bits per heavy atom. The van der Waals surface area contributed by atoms with Gasteiger partial charge in [0, 0.05) is 11.8 Å². The first kappa shape index (κ1) is 16.5. The van der Waals surface area contributed by atoms with Gasteiger partial charge in [0.05, 0.1) is 38.3 Å². The lowest BCUT2D eigenvalue weighted by molar-refractivity contribution is -0.202. The van der Waals surface area contributed by atoms with Crippen LogP contribution in [0.3, 0.4) is 0 Å². The van der Waals surface area contributed by atoms with Crippen LogP contribution < -0.4 is 0 Å². The molecule has 2 aliphatic heterocycles. The quantitative estimate of drug-likeness (QED) is 0.499. The van der Waals surface area contributed by atoms with Gasteiger partial charge in [0.25, 0.3) is 0 Å². The second kappa shape index (κ2) is 6.61. The fourth-order valence-electron chi connectivity index (χ4n) is 3.54. The van der Waals surface area contributed by atoms with Crippen molar-refractivity contribution in [2.45, 2.75) is 32.5 Å². The first-order chi connectivity index (χ1) is 11.0. The van der Waals surface area contributed by atoms with Gasteiger partial charge >= 0.3 is 11.9 Å². The molecule has 0 unspecified atom stereocenters. The fourth-order valence-corrected chi connectivity index (χ4v) is 3.54. The molecule has 2 heterocycles. The van der Waals surface area contributed by atoms with Crippen molar-refractivity contribution in [3.05, 3.63) is 12.2 Å². The Morgan fingerprint density at radius 1 is 0.870 bits per heavy atom. The third-order valence-corrected chi connectivity index (χ3v) is 4.87. The van der Waals surface area contributed by atoms with Gasteiger partial charge in [-0.2, -0.15) is 0 Å². The zero-order valence-electron chi connectivity index (χ0n) is 13.7. The smallest absolute Gasteiger partial charge is 0.310 e. The molecule has 2 fully saturated rings. The van der Waals surface area contributed by atoms with E-state index >= 15 is 0 Å². The second-order valence-corrected chi connectivity index (χ2v) is 6.78. The molecule has 3 aliphatic rings. The summed E-state index contributed by atoms with van der Waals surface area (Å²) in [5, 5.41) is 0. The molecule has 0 spiro atoms. The molecule has 0 aromatic heterocycles. The van der Waals surface area contributed by atoms with Crippen LogP contribution in [0.15, 0.2) is 12.2 Å². The summed E-state index contributed by atoms with van der Waals surface area (Å²) in [5.41, 5.74) is 0. The summed E-state index contributed by atoms with van der Waals surface area (Å²) < 4.78 is 22.2. The summed E-state index contributed by atoms with van der Waals surface area (Å²) in [6.07, 6.45) is 5.24. The first-order valence-electron chi connectivity index (χ1n) is 8.26. The van der Waals surface area contributed by atoms with Gasteiger partial charge in [0.15, 0.2) is 5.79 Å². The maximum Gasteiger partial charge on any atom is 0.310 e. The van der Waals surface area contributed by atoms with Crippen molar-refractivity contribution in [2.24, 2.45) is 23.7 Å². The van der Waals surface area contributed by atoms with E-state index < -0.39 is 17.6 Å². The molecule has 128 valence electrons. The fraction of sp³-hybridized carbons (Fsp3) is 0.765. The van der Waals surface area contributed by atoms with Gasteiger partial charge in [-0.15, -0.1) is 0 Å². The predicted octanol–water partition coefficient (Wildman–Crippen LogP) is 1.68. The van der Waals surface area contributed by atoms with Crippen LogP contribution in [-0.2, 0) is 28.5 Å². The summed E-state index contributed by atoms with van der Waals surface area (Å²) >= 11 is 0. The maximum atomic E-state index is 12.4. The van der Waals surface area contributed by atoms with Crippen LogP contribution in [0.1, 0.15) is 26.7 Å². The van der Waals surface area contributed by atoms with Gasteiger partial charge in [0.1, 0.15) is 0 Å². The molecular formula is C17H24O6. The molecule has 3 rings (SSSR count). The molecule has 0 bridgehead atoms. The van der Waals surface area contributed by atoms with Crippen LogP contribution in [0, 0.1) is 23.7 Å². The highest BCUT2D eigenvalue weighted by Crippen LogP contribution is 2.50. The van der Waals surface area contributed by atoms with Crippen molar-refractivity contribution < 1.29 is 28.5 Å². The van der Waals surface area contributed by atoms with Crippen molar-refractivity contribution in [2.75, 3.05) is 26.4 Å². The number of hydrogen-bond acceptors (Lipinski definition) is 6. The van der Waals surface area contributed by atoms with E-state index in [9.17, 15) is 9.59 Å². The van der Waals surface area contributed by atoms with Crippen molar-refractivity contribution in [1.82, 2.24) is 0 Å². The summed E-state index contributed by atoms with van der Waals surface area (Å²) in [6.45, 7) is 5.14. The number of carbonyl (C=O) groups is 2. The zero-order chi connectivity index (χ0) is 16.4. The molecule has 0 amide bonds. The van der Waals surface area contributed by atoms with Gasteiger partial charge in [-0.1, -0.05) is 12.2 Å². The van der Waals surface area contributed by atoms with Gasteiger partial charge in [-0.05, 0) is 26.7 Å². The molecule has 0 aromatic carbocycles. The zero-order valence-corrected chi connectivity index (χ0v) is 13.7. The number of carbonyl (C=O) groups excluding carboxylic acids is 2. The minimum Gasteiger partial charge on any atom is -0.465 e. The highest BCUT2D eigenvalue weighted by atomic mass is 16.7. The summed E-state index contributed by atoms with van der Waals surface area (Å²) in [4.78, 5) is 24.8. The average molecular weight is 324 g/mol. The van der Waals surface area contributed by atoms with E-state index in [1.54, 1.807) is 0 Å². The Balaban J connectivity index is 1.78. The van der Waals surface area contributed by atoms with E-state index in [0.29, 0.717) is 39.3 Å². The number of esters is 2. The van der Waals surface area contributed by atoms with Crippen LogP contribution in [-0.4, -0.2) is 44.2 Å². The summed E-state index contributed by atoms with van der Waals surface area (Å²) in [7, 11) is 0. The van der Waals surface area contributed by atoms with Crippen LogP contribution in [0.5, 0.6) is 0 Å². The number of fused-ring (bicyclic) bond motifs is 4. The Labute approximate surface area is 136 Å². The van der Waals surface area contributed by atoms with Gasteiger partial charge in [0.2, 0.25) is 0 Å². The van der Waals surface area contributed by atoms with Crippen LogP contribution in [0.2, 0.25) is 0 Å². The third-order valence-electron chi connectivity index (χ3n) is 4.87. The molecule has 0 aromatic rings. The summed E-state index contributed by atoms with van der Waals surface area (Å²) in [5.74, 6) is -2.45. The Bertz CT molecular complexity index is 455. The normalized spacial score (nSPS) is 37.7. The van der Waals surface area contributed by atoms with E-state index in [1.165, 1.54) is 0 Å². The minimum absolute atomic E-state index is 0.0553. The van der Waals surface area contributed by atoms with E-state index in [4.69, 9.17) is 18.9 Å². The molecule has 6 nitrogen and oxygen atoms in total. The lowest BCUT2D eigenvalue weighted by atomic mass is 9.57. The molecule has 23 heavy (non-hydrogen) atoms. The van der Waals surface area contributed by atoms with Crippen molar-refractivity contribution >= 4 is 11.9 Å². The van der Waals surface area contributed by atoms with Gasteiger partial charge < -0.3 is 18.9 Å². The van der Waals surface area contributed by atoms with Crippen molar-refractivity contribution in [3.8, 4) is 0 Å². The largest absolute Gasteiger partial charge is 0.465 e. The Kier molecular flexibility index (Phi) is 4.73. The van der Waals surface area contributed by atoms with E-state index in [2.05, 4.69) is 0 Å². The van der Waals surface area contributed by atoms with Crippen LogP contribution >= 0.6 is 0 Å². The highest BCUT2D eigenvalue weighted by Gasteiger charge is 2.60. The maximum absolute atomic E-state index is 12.4. The van der Waals surface area contributed by atoms with Gasteiger partial charge in [-0.3, -0.25) is 9.59 Å². The van der Waals surface area contributed by atoms with Crippen LogP contribution in [0.25, 0.3) is 0 Å². The molecule has 0 N–H and O–H groups in total. The molecule has 1 aliphatic carbocycles.